The number of nitrogens with zero attached hydrogens (tertiary/aromatic N) is 1. The molecule has 0 amide bonds. The second kappa shape index (κ2) is 6.08. The number of phenolic OH excluding ortho intramolecular Hbond substituents is 1. The molecule has 2 aromatic rings. The number of hydrogen-bond donors (Lipinski definition) is 2. The van der Waals surface area contributed by atoms with Gasteiger partial charge in [-0.3, -0.25) is 10.1 Å². The quantitative estimate of drug-likeness (QED) is 0.653. The Bertz CT molecular complexity index is 676. The molecule has 0 bridgehead atoms. The number of para-hydroxylation sites is 1. The molecular weight excluding hydrogens is 279 g/mol. The molecule has 21 heavy (non-hydrogen) atoms. The van der Waals surface area contributed by atoms with E-state index in [1.165, 1.54) is 25.3 Å². The molecule has 0 radical (unpaired) electrons. The van der Waals surface area contributed by atoms with E-state index in [2.05, 4.69) is 5.32 Å². The van der Waals surface area contributed by atoms with Gasteiger partial charge in [0.15, 0.2) is 17.3 Å². The van der Waals surface area contributed by atoms with Gasteiger partial charge in [0.05, 0.1) is 12.0 Å². The van der Waals surface area contributed by atoms with Crippen LogP contribution >= 0.6 is 0 Å². The van der Waals surface area contributed by atoms with Gasteiger partial charge in [0.2, 0.25) is 0 Å². The van der Waals surface area contributed by atoms with Gasteiger partial charge in [-0.05, 0) is 18.2 Å². The maximum absolute atomic E-state index is 13.2. The normalized spacial score (nSPS) is 10.2. The molecule has 0 aromatic heterocycles. The van der Waals surface area contributed by atoms with Crippen molar-refractivity contribution in [3.8, 4) is 11.5 Å². The Morgan fingerprint density at radius 1 is 1.38 bits per heavy atom. The van der Waals surface area contributed by atoms with Crippen LogP contribution in [-0.2, 0) is 6.54 Å². The molecule has 2 aromatic carbocycles. The van der Waals surface area contributed by atoms with Crippen LogP contribution < -0.4 is 10.1 Å². The van der Waals surface area contributed by atoms with Crippen molar-refractivity contribution in [2.24, 2.45) is 0 Å². The standard InChI is InChI=1S/C14H13FN2O4/c1-21-13-6-5-10(7-12(13)17(19)20)16-8-9-3-2-4-11(15)14(9)18/h2-7,16,18H,8H2,1H3. The van der Waals surface area contributed by atoms with Crippen molar-refractivity contribution >= 4 is 11.4 Å². The second-order valence-corrected chi connectivity index (χ2v) is 4.24. The minimum Gasteiger partial charge on any atom is -0.505 e. The van der Waals surface area contributed by atoms with Crippen molar-refractivity contribution in [2.45, 2.75) is 6.54 Å². The van der Waals surface area contributed by atoms with Gasteiger partial charge >= 0.3 is 5.69 Å². The number of aromatic hydroxyl groups is 1. The van der Waals surface area contributed by atoms with Crippen molar-refractivity contribution in [2.75, 3.05) is 12.4 Å². The molecule has 110 valence electrons. The number of methoxy groups -OCH3 is 1. The van der Waals surface area contributed by atoms with E-state index in [1.54, 1.807) is 12.1 Å². The smallest absolute Gasteiger partial charge is 0.312 e. The Labute approximate surface area is 119 Å². The van der Waals surface area contributed by atoms with Gasteiger partial charge in [-0.25, -0.2) is 4.39 Å². The number of benzene rings is 2. The second-order valence-electron chi connectivity index (χ2n) is 4.24. The van der Waals surface area contributed by atoms with Gasteiger partial charge in [0.25, 0.3) is 0 Å². The van der Waals surface area contributed by atoms with Gasteiger partial charge in [0.1, 0.15) is 0 Å². The molecule has 0 saturated heterocycles. The van der Waals surface area contributed by atoms with E-state index in [1.807, 2.05) is 0 Å². The maximum atomic E-state index is 13.2. The van der Waals surface area contributed by atoms with Crippen LogP contribution in [0.25, 0.3) is 0 Å². The Morgan fingerprint density at radius 3 is 2.81 bits per heavy atom. The Hall–Kier alpha value is -2.83. The predicted octanol–water partition coefficient (Wildman–Crippen LogP) is 3.06. The summed E-state index contributed by atoms with van der Waals surface area (Å²) in [6, 6.07) is 8.56. The van der Waals surface area contributed by atoms with Gasteiger partial charge in [-0.2, -0.15) is 0 Å². The van der Waals surface area contributed by atoms with Crippen molar-refractivity contribution in [1.29, 1.82) is 0 Å². The van der Waals surface area contributed by atoms with Crippen molar-refractivity contribution in [3.63, 3.8) is 0 Å². The van der Waals surface area contributed by atoms with Crippen LogP contribution in [0.4, 0.5) is 15.8 Å². The third kappa shape index (κ3) is 3.19. The lowest BCUT2D eigenvalue weighted by molar-refractivity contribution is -0.385. The van der Waals surface area contributed by atoms with Crippen LogP contribution in [0.15, 0.2) is 36.4 Å². The highest BCUT2D eigenvalue weighted by atomic mass is 19.1. The zero-order chi connectivity index (χ0) is 15.4. The Morgan fingerprint density at radius 2 is 2.14 bits per heavy atom. The van der Waals surface area contributed by atoms with Gasteiger partial charge in [-0.1, -0.05) is 12.1 Å². The summed E-state index contributed by atoms with van der Waals surface area (Å²) in [4.78, 5) is 10.4. The summed E-state index contributed by atoms with van der Waals surface area (Å²) in [7, 11) is 1.35. The fourth-order valence-electron chi connectivity index (χ4n) is 1.84. The number of halogens is 1. The summed E-state index contributed by atoms with van der Waals surface area (Å²) in [6.45, 7) is 0.132. The zero-order valence-electron chi connectivity index (χ0n) is 11.2. The minimum atomic E-state index is -0.713. The predicted molar refractivity (Wildman–Crippen MR) is 75.0 cm³/mol. The molecule has 2 N–H and O–H groups in total. The van der Waals surface area contributed by atoms with Gasteiger partial charge in [-0.15, -0.1) is 0 Å². The average Bonchev–Trinajstić information content (AvgIpc) is 2.48. The molecule has 0 fully saturated rings. The number of nitrogens with one attached hydrogen (secondary N) is 1. The van der Waals surface area contributed by atoms with E-state index in [0.29, 0.717) is 11.3 Å². The summed E-state index contributed by atoms with van der Waals surface area (Å²) in [5.41, 5.74) is 0.644. The lowest BCUT2D eigenvalue weighted by Gasteiger charge is -2.09. The molecule has 2 rings (SSSR count). The Kier molecular flexibility index (Phi) is 4.22. The molecule has 0 spiro atoms. The van der Waals surface area contributed by atoms with Crippen LogP contribution in [0.1, 0.15) is 5.56 Å². The van der Waals surface area contributed by atoms with E-state index in [9.17, 15) is 19.6 Å². The summed E-state index contributed by atoms with van der Waals surface area (Å²) < 4.78 is 18.1. The Balaban J connectivity index is 2.19. The topological polar surface area (TPSA) is 84.6 Å². The fourth-order valence-corrected chi connectivity index (χ4v) is 1.84. The summed E-state index contributed by atoms with van der Waals surface area (Å²) >= 11 is 0. The number of rotatable bonds is 5. The molecule has 0 unspecified atom stereocenters. The zero-order valence-corrected chi connectivity index (χ0v) is 11.2. The van der Waals surface area contributed by atoms with Crippen LogP contribution in [0.5, 0.6) is 11.5 Å². The fraction of sp³-hybridized carbons (Fsp3) is 0.143. The monoisotopic (exact) mass is 292 g/mol. The van der Waals surface area contributed by atoms with Crippen molar-refractivity contribution in [1.82, 2.24) is 0 Å². The number of nitro groups is 1. The van der Waals surface area contributed by atoms with Crippen LogP contribution in [-0.4, -0.2) is 17.1 Å². The first-order chi connectivity index (χ1) is 10.0. The van der Waals surface area contributed by atoms with Gasteiger partial charge < -0.3 is 15.2 Å². The van der Waals surface area contributed by atoms with Gasteiger partial charge in [0, 0.05) is 23.9 Å². The van der Waals surface area contributed by atoms with Crippen LogP contribution in [0.3, 0.4) is 0 Å². The molecule has 6 nitrogen and oxygen atoms in total. The first-order valence-corrected chi connectivity index (χ1v) is 6.05. The van der Waals surface area contributed by atoms with Crippen LogP contribution in [0.2, 0.25) is 0 Å². The lowest BCUT2D eigenvalue weighted by atomic mass is 10.2. The lowest BCUT2D eigenvalue weighted by Crippen LogP contribution is -2.02. The van der Waals surface area contributed by atoms with E-state index in [0.717, 1.165) is 6.07 Å². The average molecular weight is 292 g/mol. The van der Waals surface area contributed by atoms with E-state index in [-0.39, 0.29) is 18.0 Å². The minimum absolute atomic E-state index is 0.132. The number of hydrogen-bond acceptors (Lipinski definition) is 5. The molecular formula is C14H13FN2O4. The number of anilines is 1. The largest absolute Gasteiger partial charge is 0.505 e. The van der Waals surface area contributed by atoms with Crippen molar-refractivity contribution < 1.29 is 19.2 Å². The van der Waals surface area contributed by atoms with Crippen LogP contribution in [0, 0.1) is 15.9 Å². The SMILES string of the molecule is COc1ccc(NCc2cccc(F)c2O)cc1[N+](=O)[O-]. The summed E-state index contributed by atoms with van der Waals surface area (Å²) in [5.74, 6) is -0.998. The summed E-state index contributed by atoms with van der Waals surface area (Å²) in [5, 5.41) is 23.4. The molecule has 0 aliphatic heterocycles. The third-order valence-electron chi connectivity index (χ3n) is 2.93. The molecule has 0 heterocycles. The van der Waals surface area contributed by atoms with E-state index in [4.69, 9.17) is 4.74 Å². The number of nitro benzene ring substituents is 1. The molecule has 0 aliphatic rings. The van der Waals surface area contributed by atoms with Crippen molar-refractivity contribution in [3.05, 3.63) is 57.9 Å². The van der Waals surface area contributed by atoms with E-state index >= 15 is 0 Å². The molecule has 0 saturated carbocycles. The maximum Gasteiger partial charge on any atom is 0.312 e. The first kappa shape index (κ1) is 14.6. The highest BCUT2D eigenvalue weighted by Gasteiger charge is 2.15. The highest BCUT2D eigenvalue weighted by Crippen LogP contribution is 2.30. The number of phenols is 1. The molecule has 0 atom stereocenters. The highest BCUT2D eigenvalue weighted by molar-refractivity contribution is 5.58. The molecule has 0 aliphatic carbocycles. The number of ether oxygens (including phenoxy) is 1. The van der Waals surface area contributed by atoms with E-state index < -0.39 is 16.5 Å². The third-order valence-corrected chi connectivity index (χ3v) is 2.93. The molecule has 7 heteroatoms. The summed E-state index contributed by atoms with van der Waals surface area (Å²) in [6.07, 6.45) is 0. The first-order valence-electron chi connectivity index (χ1n) is 6.05.